The Bertz CT molecular complexity index is 1420. The number of rotatable bonds is 6. The maximum atomic E-state index is 13.1. The van der Waals surface area contributed by atoms with Crippen LogP contribution in [-0.2, 0) is 21.9 Å². The lowest BCUT2D eigenvalue weighted by Gasteiger charge is -2.34. The van der Waals surface area contributed by atoms with E-state index < -0.39 is 10.0 Å². The molecule has 0 radical (unpaired) electrons. The average Bonchev–Trinajstić information content (AvgIpc) is 3.52. The van der Waals surface area contributed by atoms with Crippen molar-refractivity contribution in [1.29, 1.82) is 0 Å². The number of hydrogen-bond donors (Lipinski definition) is 0. The molecule has 0 saturated carbocycles. The van der Waals surface area contributed by atoms with Gasteiger partial charge in [0.15, 0.2) is 16.7 Å². The van der Waals surface area contributed by atoms with Gasteiger partial charge in [-0.25, -0.2) is 8.42 Å². The van der Waals surface area contributed by atoms with Crippen LogP contribution in [0.3, 0.4) is 0 Å². The van der Waals surface area contributed by atoms with E-state index >= 15 is 0 Å². The predicted molar refractivity (Wildman–Crippen MR) is 129 cm³/mol. The molecule has 0 bridgehead atoms. The highest BCUT2D eigenvalue weighted by Crippen LogP contribution is 2.25. The number of carbonyl (C=O) groups is 1. The molecule has 2 aromatic carbocycles. The molecule has 176 valence electrons. The van der Waals surface area contributed by atoms with Crippen LogP contribution in [0, 0.1) is 0 Å². The van der Waals surface area contributed by atoms with Crippen LogP contribution in [0.25, 0.3) is 22.4 Å². The standard InChI is InChI=1S/C23H23N5O4S2/c1-26-22(20-7-4-14-32-20)24-25-23(26)33-16-21(29)27-10-12-28(13-11-27)34(30,31)19-9-8-17-5-2-3-6-18(17)15-19/h2-9,14-15H,10-13,16H2,1H3. The molecule has 1 amide bonds. The van der Waals surface area contributed by atoms with Gasteiger partial charge < -0.3 is 13.9 Å². The minimum absolute atomic E-state index is 0.0599. The zero-order valence-electron chi connectivity index (χ0n) is 18.5. The number of amides is 1. The van der Waals surface area contributed by atoms with Crippen molar-refractivity contribution >= 4 is 38.5 Å². The molecule has 34 heavy (non-hydrogen) atoms. The van der Waals surface area contributed by atoms with E-state index in [1.165, 1.54) is 16.1 Å². The Morgan fingerprint density at radius 1 is 1.00 bits per heavy atom. The Balaban J connectivity index is 1.19. The molecule has 4 aromatic rings. The van der Waals surface area contributed by atoms with Gasteiger partial charge in [-0.2, -0.15) is 4.31 Å². The number of aromatic nitrogens is 3. The lowest BCUT2D eigenvalue weighted by atomic mass is 10.1. The maximum Gasteiger partial charge on any atom is 0.243 e. The Hall–Kier alpha value is -3.15. The van der Waals surface area contributed by atoms with Gasteiger partial charge in [-0.3, -0.25) is 4.79 Å². The fourth-order valence-corrected chi connectivity index (χ4v) is 6.21. The average molecular weight is 498 g/mol. The molecule has 11 heteroatoms. The summed E-state index contributed by atoms with van der Waals surface area (Å²) < 4.78 is 34.9. The fraction of sp³-hybridized carbons (Fsp3) is 0.261. The van der Waals surface area contributed by atoms with E-state index in [1.807, 2.05) is 37.4 Å². The third kappa shape index (κ3) is 4.33. The van der Waals surface area contributed by atoms with E-state index in [-0.39, 0.29) is 29.6 Å². The number of carbonyl (C=O) groups excluding carboxylic acids is 1. The second-order valence-electron chi connectivity index (χ2n) is 7.93. The number of sulfonamides is 1. The predicted octanol–water partition coefficient (Wildman–Crippen LogP) is 2.85. The van der Waals surface area contributed by atoms with Gasteiger partial charge in [-0.15, -0.1) is 10.2 Å². The molecule has 3 heterocycles. The van der Waals surface area contributed by atoms with Crippen molar-refractivity contribution in [2.75, 3.05) is 31.9 Å². The fourth-order valence-electron chi connectivity index (χ4n) is 3.93. The second kappa shape index (κ2) is 9.24. The van der Waals surface area contributed by atoms with Crippen LogP contribution in [0.2, 0.25) is 0 Å². The van der Waals surface area contributed by atoms with Gasteiger partial charge in [0.05, 0.1) is 16.9 Å². The second-order valence-corrected chi connectivity index (χ2v) is 10.8. The summed E-state index contributed by atoms with van der Waals surface area (Å²) >= 11 is 1.30. The van der Waals surface area contributed by atoms with Crippen LogP contribution in [-0.4, -0.2) is 70.2 Å². The Kier molecular flexibility index (Phi) is 6.15. The summed E-state index contributed by atoms with van der Waals surface area (Å²) in [6.45, 7) is 1.22. The SMILES string of the molecule is Cn1c(SCC(=O)N2CCN(S(=O)(=O)c3ccc4ccccc4c3)CC2)nnc1-c1ccco1. The molecule has 1 fully saturated rings. The monoisotopic (exact) mass is 497 g/mol. The largest absolute Gasteiger partial charge is 0.461 e. The number of fused-ring (bicyclic) bond motifs is 1. The third-order valence-corrected chi connectivity index (χ3v) is 8.75. The molecular formula is C23H23N5O4S2. The van der Waals surface area contributed by atoms with Gasteiger partial charge in [0.2, 0.25) is 15.9 Å². The molecular weight excluding hydrogens is 474 g/mol. The Morgan fingerprint density at radius 3 is 2.50 bits per heavy atom. The van der Waals surface area contributed by atoms with Crippen LogP contribution < -0.4 is 0 Å². The number of benzene rings is 2. The molecule has 0 aliphatic carbocycles. The molecule has 9 nitrogen and oxygen atoms in total. The van der Waals surface area contributed by atoms with E-state index in [2.05, 4.69) is 10.2 Å². The van der Waals surface area contributed by atoms with Crippen LogP contribution in [0.1, 0.15) is 0 Å². The summed E-state index contributed by atoms with van der Waals surface area (Å²) in [5.41, 5.74) is 0. The van der Waals surface area contributed by atoms with E-state index in [1.54, 1.807) is 40.0 Å². The summed E-state index contributed by atoms with van der Waals surface area (Å²) in [6.07, 6.45) is 1.57. The summed E-state index contributed by atoms with van der Waals surface area (Å²) in [7, 11) is -1.80. The van der Waals surface area contributed by atoms with Gasteiger partial charge in [0, 0.05) is 33.2 Å². The first kappa shape index (κ1) is 22.6. The Morgan fingerprint density at radius 2 is 1.76 bits per heavy atom. The molecule has 5 rings (SSSR count). The van der Waals surface area contributed by atoms with Crippen molar-refractivity contribution in [3.8, 4) is 11.6 Å². The normalized spacial score (nSPS) is 15.1. The zero-order chi connectivity index (χ0) is 23.7. The molecule has 2 aromatic heterocycles. The van der Waals surface area contributed by atoms with Crippen molar-refractivity contribution in [2.24, 2.45) is 7.05 Å². The Labute approximate surface area is 201 Å². The lowest BCUT2D eigenvalue weighted by Crippen LogP contribution is -2.50. The highest BCUT2D eigenvalue weighted by molar-refractivity contribution is 7.99. The quantitative estimate of drug-likeness (QED) is 0.378. The first-order chi connectivity index (χ1) is 16.4. The first-order valence-corrected chi connectivity index (χ1v) is 13.2. The number of nitrogens with zero attached hydrogens (tertiary/aromatic N) is 5. The van der Waals surface area contributed by atoms with Crippen molar-refractivity contribution in [2.45, 2.75) is 10.1 Å². The summed E-state index contributed by atoms with van der Waals surface area (Å²) in [4.78, 5) is 14.7. The highest BCUT2D eigenvalue weighted by atomic mass is 32.2. The molecule has 0 spiro atoms. The number of thioether (sulfide) groups is 1. The minimum Gasteiger partial charge on any atom is -0.461 e. The van der Waals surface area contributed by atoms with Crippen molar-refractivity contribution < 1.29 is 17.6 Å². The highest BCUT2D eigenvalue weighted by Gasteiger charge is 2.30. The number of piperazine rings is 1. The van der Waals surface area contributed by atoms with E-state index in [0.29, 0.717) is 29.8 Å². The first-order valence-electron chi connectivity index (χ1n) is 10.8. The van der Waals surface area contributed by atoms with Crippen molar-refractivity contribution in [1.82, 2.24) is 24.0 Å². The molecule has 1 aliphatic rings. The number of hydrogen-bond acceptors (Lipinski definition) is 7. The summed E-state index contributed by atoms with van der Waals surface area (Å²) in [5.74, 6) is 1.33. The summed E-state index contributed by atoms with van der Waals surface area (Å²) in [5, 5.41) is 10.8. The topological polar surface area (TPSA) is 102 Å². The van der Waals surface area contributed by atoms with Crippen LogP contribution in [0.15, 0.2) is 75.3 Å². The van der Waals surface area contributed by atoms with E-state index in [4.69, 9.17) is 4.42 Å². The zero-order valence-corrected chi connectivity index (χ0v) is 20.1. The van der Waals surface area contributed by atoms with Crippen LogP contribution >= 0.6 is 11.8 Å². The molecule has 1 aliphatic heterocycles. The molecule has 0 atom stereocenters. The maximum absolute atomic E-state index is 13.1. The number of furan rings is 1. The molecule has 0 N–H and O–H groups in total. The van der Waals surface area contributed by atoms with Crippen LogP contribution in [0.5, 0.6) is 0 Å². The van der Waals surface area contributed by atoms with Gasteiger partial charge in [-0.1, -0.05) is 42.1 Å². The third-order valence-electron chi connectivity index (χ3n) is 5.85. The van der Waals surface area contributed by atoms with Crippen LogP contribution in [0.4, 0.5) is 0 Å². The molecule has 1 saturated heterocycles. The lowest BCUT2D eigenvalue weighted by molar-refractivity contribution is -0.129. The van der Waals surface area contributed by atoms with Gasteiger partial charge in [0.25, 0.3) is 0 Å². The minimum atomic E-state index is -3.62. The van der Waals surface area contributed by atoms with Gasteiger partial charge >= 0.3 is 0 Å². The smallest absolute Gasteiger partial charge is 0.243 e. The van der Waals surface area contributed by atoms with Gasteiger partial charge in [-0.05, 0) is 35.0 Å². The van der Waals surface area contributed by atoms with E-state index in [9.17, 15) is 13.2 Å². The van der Waals surface area contributed by atoms with Crippen molar-refractivity contribution in [3.05, 3.63) is 60.9 Å². The van der Waals surface area contributed by atoms with Gasteiger partial charge in [0.1, 0.15) is 0 Å². The van der Waals surface area contributed by atoms with Crippen molar-refractivity contribution in [3.63, 3.8) is 0 Å². The van der Waals surface area contributed by atoms with E-state index in [0.717, 1.165) is 10.8 Å². The summed E-state index contributed by atoms with van der Waals surface area (Å²) in [6, 6.07) is 16.4. The molecule has 0 unspecified atom stereocenters.